The fourth-order valence-electron chi connectivity index (χ4n) is 1.90. The summed E-state index contributed by atoms with van der Waals surface area (Å²) in [5.41, 5.74) is 1.94. The standard InChI is InChI=1S/C14H13ClN4S3/c1-16-13-18-19-14(22-13)21-7-9-5-8-3-4-10(20-2)6-11(8)17-12(9)15/h3-6H,7H2,1-2H3,(H,16,18). The molecular weight excluding hydrogens is 356 g/mol. The second kappa shape index (κ2) is 7.04. The molecule has 0 aliphatic carbocycles. The van der Waals surface area contributed by atoms with Crippen molar-refractivity contribution in [2.75, 3.05) is 18.6 Å². The molecule has 0 aliphatic heterocycles. The molecule has 4 nitrogen and oxygen atoms in total. The van der Waals surface area contributed by atoms with Gasteiger partial charge in [0.1, 0.15) is 5.15 Å². The second-order valence-corrected chi connectivity index (χ2v) is 7.85. The summed E-state index contributed by atoms with van der Waals surface area (Å²) >= 11 is 11.2. The first-order valence-corrected chi connectivity index (χ1v) is 9.87. The summed E-state index contributed by atoms with van der Waals surface area (Å²) < 4.78 is 0.915. The molecule has 2 heterocycles. The molecule has 0 aliphatic rings. The predicted octanol–water partition coefficient (Wildman–Crippen LogP) is 4.80. The van der Waals surface area contributed by atoms with Crippen molar-refractivity contribution in [2.24, 2.45) is 0 Å². The molecule has 0 unspecified atom stereocenters. The minimum Gasteiger partial charge on any atom is -0.363 e. The molecule has 22 heavy (non-hydrogen) atoms. The van der Waals surface area contributed by atoms with Crippen LogP contribution in [-0.4, -0.2) is 28.5 Å². The van der Waals surface area contributed by atoms with Gasteiger partial charge in [0.25, 0.3) is 0 Å². The normalized spacial score (nSPS) is 11.0. The van der Waals surface area contributed by atoms with Crippen LogP contribution in [0.2, 0.25) is 5.15 Å². The predicted molar refractivity (Wildman–Crippen MR) is 97.6 cm³/mol. The number of nitrogens with one attached hydrogen (secondary N) is 1. The molecule has 0 fully saturated rings. The van der Waals surface area contributed by atoms with Crippen LogP contribution in [0.4, 0.5) is 5.13 Å². The van der Waals surface area contributed by atoms with Gasteiger partial charge in [0.15, 0.2) is 4.34 Å². The highest BCUT2D eigenvalue weighted by molar-refractivity contribution is 8.00. The fraction of sp³-hybridized carbons (Fsp3) is 0.214. The van der Waals surface area contributed by atoms with Gasteiger partial charge < -0.3 is 5.32 Å². The number of hydrogen-bond donors (Lipinski definition) is 1. The Hall–Kier alpha value is -1.02. The van der Waals surface area contributed by atoms with Crippen LogP contribution >= 0.6 is 46.5 Å². The minimum absolute atomic E-state index is 0.552. The van der Waals surface area contributed by atoms with Gasteiger partial charge in [0.2, 0.25) is 5.13 Å². The number of aromatic nitrogens is 3. The Balaban J connectivity index is 1.82. The van der Waals surface area contributed by atoms with Gasteiger partial charge in [-0.15, -0.1) is 22.0 Å². The van der Waals surface area contributed by atoms with Crippen LogP contribution in [0.5, 0.6) is 0 Å². The van der Waals surface area contributed by atoms with Gasteiger partial charge in [-0.2, -0.15) is 0 Å². The van der Waals surface area contributed by atoms with Gasteiger partial charge >= 0.3 is 0 Å². The summed E-state index contributed by atoms with van der Waals surface area (Å²) in [5.74, 6) is 0.727. The molecule has 0 bridgehead atoms. The summed E-state index contributed by atoms with van der Waals surface area (Å²) in [5, 5.41) is 13.6. The maximum atomic E-state index is 6.32. The maximum Gasteiger partial charge on any atom is 0.206 e. The molecule has 3 rings (SSSR count). The lowest BCUT2D eigenvalue weighted by atomic mass is 10.2. The third-order valence-corrected chi connectivity index (χ3v) is 6.20. The Kier molecular flexibility index (Phi) is 5.07. The first-order valence-electron chi connectivity index (χ1n) is 6.47. The molecule has 0 saturated carbocycles. The monoisotopic (exact) mass is 368 g/mol. The number of pyridine rings is 1. The van der Waals surface area contributed by atoms with Crippen LogP contribution in [0.25, 0.3) is 10.9 Å². The van der Waals surface area contributed by atoms with E-state index in [1.165, 1.54) is 16.2 Å². The number of hydrogen-bond acceptors (Lipinski definition) is 7. The van der Waals surface area contributed by atoms with Crippen LogP contribution in [0.15, 0.2) is 33.5 Å². The van der Waals surface area contributed by atoms with Crippen LogP contribution in [0.3, 0.4) is 0 Å². The zero-order valence-electron chi connectivity index (χ0n) is 12.0. The highest BCUT2D eigenvalue weighted by Gasteiger charge is 2.09. The van der Waals surface area contributed by atoms with E-state index in [1.54, 1.807) is 23.5 Å². The number of halogens is 1. The molecule has 0 radical (unpaired) electrons. The van der Waals surface area contributed by atoms with Gasteiger partial charge in [-0.3, -0.25) is 0 Å². The fourth-order valence-corrected chi connectivity index (χ4v) is 4.31. The topological polar surface area (TPSA) is 50.7 Å². The van der Waals surface area contributed by atoms with E-state index in [9.17, 15) is 0 Å². The lowest BCUT2D eigenvalue weighted by Gasteiger charge is -2.06. The van der Waals surface area contributed by atoms with Crippen molar-refractivity contribution < 1.29 is 0 Å². The van der Waals surface area contributed by atoms with E-state index in [0.717, 1.165) is 31.7 Å². The largest absolute Gasteiger partial charge is 0.363 e. The van der Waals surface area contributed by atoms with Crippen molar-refractivity contribution in [3.63, 3.8) is 0 Å². The summed E-state index contributed by atoms with van der Waals surface area (Å²) in [6, 6.07) is 8.35. The number of thioether (sulfide) groups is 2. The molecule has 8 heteroatoms. The van der Waals surface area contributed by atoms with E-state index in [-0.39, 0.29) is 0 Å². The highest BCUT2D eigenvalue weighted by Crippen LogP contribution is 2.31. The zero-order valence-corrected chi connectivity index (χ0v) is 15.2. The van der Waals surface area contributed by atoms with Crippen LogP contribution < -0.4 is 5.32 Å². The van der Waals surface area contributed by atoms with Crippen LogP contribution in [-0.2, 0) is 5.75 Å². The van der Waals surface area contributed by atoms with E-state index < -0.39 is 0 Å². The first-order chi connectivity index (χ1) is 10.7. The van der Waals surface area contributed by atoms with E-state index in [1.807, 2.05) is 7.05 Å². The van der Waals surface area contributed by atoms with Gasteiger partial charge in [-0.05, 0) is 24.5 Å². The molecule has 2 aromatic heterocycles. The minimum atomic E-state index is 0.552. The number of anilines is 1. The number of benzene rings is 1. The molecule has 0 amide bonds. The molecule has 0 saturated heterocycles. The summed E-state index contributed by atoms with van der Waals surface area (Å²) in [6.07, 6.45) is 2.05. The van der Waals surface area contributed by atoms with E-state index >= 15 is 0 Å². The van der Waals surface area contributed by atoms with Gasteiger partial charge in [-0.25, -0.2) is 4.98 Å². The van der Waals surface area contributed by atoms with Crippen molar-refractivity contribution in [1.82, 2.24) is 15.2 Å². The molecule has 1 aromatic carbocycles. The molecule has 1 N–H and O–H groups in total. The Morgan fingerprint density at radius 1 is 1.27 bits per heavy atom. The van der Waals surface area contributed by atoms with Crippen LogP contribution in [0, 0.1) is 0 Å². The molecule has 0 atom stereocenters. The average Bonchev–Trinajstić information content (AvgIpc) is 3.00. The van der Waals surface area contributed by atoms with Crippen molar-refractivity contribution in [2.45, 2.75) is 15.0 Å². The number of fused-ring (bicyclic) bond motifs is 1. The molecule has 3 aromatic rings. The Bertz CT molecular complexity index is 806. The lowest BCUT2D eigenvalue weighted by Crippen LogP contribution is -1.89. The van der Waals surface area contributed by atoms with Crippen molar-refractivity contribution in [3.8, 4) is 0 Å². The van der Waals surface area contributed by atoms with Crippen LogP contribution in [0.1, 0.15) is 5.56 Å². The third-order valence-electron chi connectivity index (χ3n) is 3.02. The smallest absolute Gasteiger partial charge is 0.206 e. The first kappa shape index (κ1) is 15.9. The molecule has 114 valence electrons. The third kappa shape index (κ3) is 3.48. The Labute approximate surface area is 146 Å². The van der Waals surface area contributed by atoms with Gasteiger partial charge in [0, 0.05) is 28.6 Å². The number of rotatable bonds is 5. The Morgan fingerprint density at radius 3 is 2.86 bits per heavy atom. The zero-order chi connectivity index (χ0) is 15.5. The highest BCUT2D eigenvalue weighted by atomic mass is 35.5. The van der Waals surface area contributed by atoms with Gasteiger partial charge in [-0.1, -0.05) is 40.8 Å². The second-order valence-electron chi connectivity index (χ2n) is 4.41. The summed E-state index contributed by atoms with van der Waals surface area (Å²) in [6.45, 7) is 0. The Morgan fingerprint density at radius 2 is 2.14 bits per heavy atom. The molecule has 0 spiro atoms. The summed E-state index contributed by atoms with van der Waals surface area (Å²) in [4.78, 5) is 5.70. The SMILES string of the molecule is CNc1nnc(SCc2cc3ccc(SC)cc3nc2Cl)s1. The van der Waals surface area contributed by atoms with E-state index in [4.69, 9.17) is 11.6 Å². The van der Waals surface area contributed by atoms with Crippen molar-refractivity contribution >= 4 is 62.5 Å². The summed E-state index contributed by atoms with van der Waals surface area (Å²) in [7, 11) is 1.84. The average molecular weight is 369 g/mol. The van der Waals surface area contributed by atoms with Crippen molar-refractivity contribution in [1.29, 1.82) is 0 Å². The number of nitrogens with zero attached hydrogens (tertiary/aromatic N) is 3. The van der Waals surface area contributed by atoms with Gasteiger partial charge in [0.05, 0.1) is 5.52 Å². The quantitative estimate of drug-likeness (QED) is 0.516. The van der Waals surface area contributed by atoms with E-state index in [2.05, 4.69) is 51.0 Å². The van der Waals surface area contributed by atoms with E-state index in [0.29, 0.717) is 5.15 Å². The lowest BCUT2D eigenvalue weighted by molar-refractivity contribution is 1.01. The maximum absolute atomic E-state index is 6.32. The van der Waals surface area contributed by atoms with Crippen molar-refractivity contribution in [3.05, 3.63) is 35.0 Å². The molecular formula is C14H13ClN4S3.